The average molecular weight is 251 g/mol. The van der Waals surface area contributed by atoms with E-state index in [4.69, 9.17) is 5.39 Å². The molecule has 4 heteroatoms. The number of carboxylic acid groups (broad SMARTS) is 1. The molecule has 0 spiro atoms. The maximum absolute atomic E-state index is 11.3. The zero-order chi connectivity index (χ0) is 13.7. The molecule has 0 fully saturated rings. The van der Waals surface area contributed by atoms with Gasteiger partial charge in [0.2, 0.25) is 5.39 Å². The van der Waals surface area contributed by atoms with E-state index in [1.165, 1.54) is 6.08 Å². The van der Waals surface area contributed by atoms with Gasteiger partial charge in [0.1, 0.15) is 0 Å². The fourth-order valence-electron chi connectivity index (χ4n) is 1.74. The molecule has 2 aromatic carbocycles. The summed E-state index contributed by atoms with van der Waals surface area (Å²) in [6.07, 6.45) is 1.49. The molecule has 0 unspecified atom stereocenters. The number of hydrogen-bond acceptors (Lipinski definition) is 2. The molecule has 0 heterocycles. The first-order chi connectivity index (χ1) is 9.22. The van der Waals surface area contributed by atoms with Crippen LogP contribution >= 0.6 is 0 Å². The van der Waals surface area contributed by atoms with Gasteiger partial charge in [0.25, 0.3) is 0 Å². The Balaban J connectivity index is 2.55. The number of hydrogen-bond donors (Lipinski definition) is 1. The van der Waals surface area contributed by atoms with Crippen molar-refractivity contribution in [2.45, 2.75) is 0 Å². The molecule has 0 atom stereocenters. The molecule has 0 amide bonds. The Labute approximate surface area is 110 Å². The quantitative estimate of drug-likeness (QED) is 0.512. The summed E-state index contributed by atoms with van der Waals surface area (Å²) in [7, 11) is 0. The Morgan fingerprint density at radius 1 is 1.05 bits per heavy atom. The normalized spacial score (nSPS) is 10.8. The summed E-state index contributed by atoms with van der Waals surface area (Å²) in [6, 6.07) is 15.6. The summed E-state index contributed by atoms with van der Waals surface area (Å²) in [5.74, 6) is -1.03. The minimum Gasteiger partial charge on any atom is -0.478 e. The number of rotatable bonds is 3. The third-order valence-electron chi connectivity index (χ3n) is 2.66. The Morgan fingerprint density at radius 3 is 2.32 bits per heavy atom. The molecule has 0 aromatic heterocycles. The summed E-state index contributed by atoms with van der Waals surface area (Å²) in [5, 5.41) is 18.2. The highest BCUT2D eigenvalue weighted by atomic mass is 16.4. The topological polar surface area (TPSA) is 65.5 Å². The lowest BCUT2D eigenvalue weighted by molar-refractivity contribution is -0.130. The lowest BCUT2D eigenvalue weighted by Crippen LogP contribution is -1.99. The van der Waals surface area contributed by atoms with Crippen molar-refractivity contribution < 1.29 is 9.90 Å². The first-order valence-corrected chi connectivity index (χ1v) is 5.67. The van der Waals surface area contributed by atoms with Crippen molar-refractivity contribution in [3.8, 4) is 0 Å². The standard InChI is InChI=1S/C15H10N2O2/c16-17-14-9-5-4-8-12(14)10-13(15(18)19)11-6-2-1-3-7-11/h1-10H/p+1/b13-10+. The summed E-state index contributed by atoms with van der Waals surface area (Å²) in [5.41, 5.74) is 1.63. The smallest absolute Gasteiger partial charge is 0.392 e. The average Bonchev–Trinajstić information content (AvgIpc) is 2.45. The molecule has 4 nitrogen and oxygen atoms in total. The van der Waals surface area contributed by atoms with E-state index >= 15 is 0 Å². The molecule has 2 aromatic rings. The SMILES string of the molecule is N#[N+]c1ccccc1/C=C(/C(=O)O)c1ccccc1. The largest absolute Gasteiger partial charge is 0.478 e. The number of carboxylic acids is 1. The molecule has 1 N–H and O–H groups in total. The fraction of sp³-hybridized carbons (Fsp3) is 0. The lowest BCUT2D eigenvalue weighted by atomic mass is 10.0. The molecule has 0 aliphatic heterocycles. The molecule has 0 aliphatic carbocycles. The van der Waals surface area contributed by atoms with E-state index in [2.05, 4.69) is 4.98 Å². The van der Waals surface area contributed by atoms with Gasteiger partial charge in [-0.25, -0.2) is 4.79 Å². The zero-order valence-electron chi connectivity index (χ0n) is 10.0. The van der Waals surface area contributed by atoms with Crippen molar-refractivity contribution >= 4 is 23.3 Å². The van der Waals surface area contributed by atoms with Crippen LogP contribution in [0.3, 0.4) is 0 Å². The molecule has 0 radical (unpaired) electrons. The van der Waals surface area contributed by atoms with E-state index in [9.17, 15) is 9.90 Å². The minimum atomic E-state index is -1.03. The van der Waals surface area contributed by atoms with Crippen molar-refractivity contribution in [1.82, 2.24) is 0 Å². The van der Waals surface area contributed by atoms with Crippen LogP contribution in [0, 0.1) is 5.39 Å². The Kier molecular flexibility index (Phi) is 3.70. The van der Waals surface area contributed by atoms with Crippen LogP contribution in [0.25, 0.3) is 16.6 Å². The second-order valence-electron chi connectivity index (χ2n) is 3.89. The number of aliphatic carboxylic acids is 1. The van der Waals surface area contributed by atoms with Crippen LogP contribution in [0.1, 0.15) is 11.1 Å². The van der Waals surface area contributed by atoms with Gasteiger partial charge in [-0.2, -0.15) is 0 Å². The predicted molar refractivity (Wildman–Crippen MR) is 73.1 cm³/mol. The van der Waals surface area contributed by atoms with Crippen LogP contribution in [0.15, 0.2) is 54.6 Å². The predicted octanol–water partition coefficient (Wildman–Crippen LogP) is 3.80. The number of carbonyl (C=O) groups is 1. The second kappa shape index (κ2) is 5.61. The van der Waals surface area contributed by atoms with Gasteiger partial charge in [-0.3, -0.25) is 0 Å². The van der Waals surface area contributed by atoms with E-state index in [1.54, 1.807) is 48.5 Å². The minimum absolute atomic E-state index is 0.150. The molecule has 0 saturated heterocycles. The Hall–Kier alpha value is -2.93. The summed E-state index contributed by atoms with van der Waals surface area (Å²) >= 11 is 0. The highest BCUT2D eigenvalue weighted by Gasteiger charge is 2.15. The van der Waals surface area contributed by atoms with Gasteiger partial charge in [0.15, 0.2) is 4.98 Å². The van der Waals surface area contributed by atoms with Gasteiger partial charge < -0.3 is 5.11 Å². The lowest BCUT2D eigenvalue weighted by Gasteiger charge is -2.01. The Morgan fingerprint density at radius 2 is 1.68 bits per heavy atom. The van der Waals surface area contributed by atoms with Crippen LogP contribution in [0.5, 0.6) is 0 Å². The van der Waals surface area contributed by atoms with Crippen LogP contribution in [-0.2, 0) is 4.79 Å². The molecule has 2 rings (SSSR count). The highest BCUT2D eigenvalue weighted by molar-refractivity contribution is 6.21. The third-order valence-corrected chi connectivity index (χ3v) is 2.66. The maximum atomic E-state index is 11.3. The van der Waals surface area contributed by atoms with Gasteiger partial charge in [-0.05, 0) is 17.7 Å². The van der Waals surface area contributed by atoms with Crippen LogP contribution in [0.2, 0.25) is 0 Å². The fourth-order valence-corrected chi connectivity index (χ4v) is 1.74. The van der Waals surface area contributed by atoms with E-state index in [0.29, 0.717) is 16.8 Å². The molecule has 19 heavy (non-hydrogen) atoms. The van der Waals surface area contributed by atoms with Crippen molar-refractivity contribution in [3.63, 3.8) is 0 Å². The summed E-state index contributed by atoms with van der Waals surface area (Å²) in [6.45, 7) is 0. The second-order valence-corrected chi connectivity index (χ2v) is 3.89. The third kappa shape index (κ3) is 2.85. The van der Waals surface area contributed by atoms with Gasteiger partial charge >= 0.3 is 11.7 Å². The van der Waals surface area contributed by atoms with Crippen LogP contribution < -0.4 is 0 Å². The van der Waals surface area contributed by atoms with Crippen molar-refractivity contribution in [2.75, 3.05) is 0 Å². The van der Waals surface area contributed by atoms with Gasteiger partial charge in [-0.15, -0.1) is 0 Å². The first-order valence-electron chi connectivity index (χ1n) is 5.67. The first kappa shape index (κ1) is 12.5. The van der Waals surface area contributed by atoms with E-state index < -0.39 is 5.97 Å². The van der Waals surface area contributed by atoms with Crippen molar-refractivity contribution in [1.29, 1.82) is 5.39 Å². The monoisotopic (exact) mass is 251 g/mol. The maximum Gasteiger partial charge on any atom is 0.392 e. The summed E-state index contributed by atoms with van der Waals surface area (Å²) < 4.78 is 0. The Bertz CT molecular complexity index is 670. The summed E-state index contributed by atoms with van der Waals surface area (Å²) in [4.78, 5) is 14.5. The molecular weight excluding hydrogens is 240 g/mol. The van der Waals surface area contributed by atoms with E-state index in [1.807, 2.05) is 6.07 Å². The van der Waals surface area contributed by atoms with Crippen LogP contribution in [-0.4, -0.2) is 11.1 Å². The van der Waals surface area contributed by atoms with Crippen LogP contribution in [0.4, 0.5) is 5.69 Å². The molecule has 0 saturated carbocycles. The number of nitrogens with zero attached hydrogens (tertiary/aromatic N) is 2. The molecular formula is C15H11N2O2+. The highest BCUT2D eigenvalue weighted by Crippen LogP contribution is 2.25. The van der Waals surface area contributed by atoms with Gasteiger partial charge in [-0.1, -0.05) is 42.5 Å². The zero-order valence-corrected chi connectivity index (χ0v) is 10.0. The number of benzene rings is 2. The molecule has 0 bridgehead atoms. The van der Waals surface area contributed by atoms with Gasteiger partial charge in [0, 0.05) is 6.07 Å². The molecule has 92 valence electrons. The van der Waals surface area contributed by atoms with Gasteiger partial charge in [0.05, 0.1) is 11.1 Å². The van der Waals surface area contributed by atoms with E-state index in [-0.39, 0.29) is 5.57 Å². The number of diazo groups is 1. The van der Waals surface area contributed by atoms with Crippen molar-refractivity contribution in [3.05, 3.63) is 70.7 Å². The molecule has 0 aliphatic rings. The van der Waals surface area contributed by atoms with E-state index in [0.717, 1.165) is 0 Å². The van der Waals surface area contributed by atoms with Crippen molar-refractivity contribution in [2.24, 2.45) is 0 Å².